The first-order valence-electron chi connectivity index (χ1n) is 6.38. The minimum absolute atomic E-state index is 0.134. The summed E-state index contributed by atoms with van der Waals surface area (Å²) in [5, 5.41) is 0. The molecular weight excluding hydrogens is 196 g/mol. The van der Waals surface area contributed by atoms with Gasteiger partial charge in [0.1, 0.15) is 0 Å². The maximum Gasteiger partial charge on any atom is 0.0456 e. The standard InChI is InChI=1S/C14H22N2/c1-3-12-6-4-5-8-14(12,15)13-10-16-9-7-11(13)2/h7,9-10,12H,3-6,8,15H2,1-2H3. The van der Waals surface area contributed by atoms with Gasteiger partial charge in [-0.25, -0.2) is 0 Å². The lowest BCUT2D eigenvalue weighted by molar-refractivity contribution is 0.183. The van der Waals surface area contributed by atoms with E-state index < -0.39 is 0 Å². The molecule has 0 radical (unpaired) electrons. The van der Waals surface area contributed by atoms with Crippen LogP contribution >= 0.6 is 0 Å². The minimum Gasteiger partial charge on any atom is -0.321 e. The highest BCUT2D eigenvalue weighted by atomic mass is 14.8. The van der Waals surface area contributed by atoms with Crippen molar-refractivity contribution in [2.75, 3.05) is 0 Å². The fraction of sp³-hybridized carbons (Fsp3) is 0.643. The van der Waals surface area contributed by atoms with Crippen molar-refractivity contribution in [2.24, 2.45) is 11.7 Å². The first kappa shape index (κ1) is 11.6. The van der Waals surface area contributed by atoms with Gasteiger partial charge in [0.05, 0.1) is 0 Å². The van der Waals surface area contributed by atoms with E-state index >= 15 is 0 Å². The molecule has 1 fully saturated rings. The van der Waals surface area contributed by atoms with Gasteiger partial charge in [0, 0.05) is 17.9 Å². The second-order valence-corrected chi connectivity index (χ2v) is 5.08. The smallest absolute Gasteiger partial charge is 0.0456 e. The molecule has 2 nitrogen and oxygen atoms in total. The second kappa shape index (κ2) is 4.54. The maximum absolute atomic E-state index is 6.70. The van der Waals surface area contributed by atoms with Gasteiger partial charge in [0.25, 0.3) is 0 Å². The van der Waals surface area contributed by atoms with Crippen molar-refractivity contribution >= 4 is 0 Å². The Labute approximate surface area is 98.3 Å². The van der Waals surface area contributed by atoms with Gasteiger partial charge < -0.3 is 5.73 Å². The largest absolute Gasteiger partial charge is 0.321 e. The summed E-state index contributed by atoms with van der Waals surface area (Å²) in [7, 11) is 0. The summed E-state index contributed by atoms with van der Waals surface area (Å²) < 4.78 is 0. The molecule has 1 aromatic rings. The van der Waals surface area contributed by atoms with Crippen LogP contribution in [0.15, 0.2) is 18.5 Å². The molecule has 1 aromatic heterocycles. The number of hydrogen-bond acceptors (Lipinski definition) is 2. The van der Waals surface area contributed by atoms with E-state index in [0.29, 0.717) is 5.92 Å². The molecule has 1 heterocycles. The van der Waals surface area contributed by atoms with Crippen molar-refractivity contribution in [3.63, 3.8) is 0 Å². The molecule has 2 heteroatoms. The van der Waals surface area contributed by atoms with E-state index in [9.17, 15) is 0 Å². The van der Waals surface area contributed by atoms with Gasteiger partial charge in [-0.3, -0.25) is 4.98 Å². The van der Waals surface area contributed by atoms with Crippen LogP contribution in [0.25, 0.3) is 0 Å². The number of rotatable bonds is 2. The van der Waals surface area contributed by atoms with E-state index in [2.05, 4.69) is 24.9 Å². The second-order valence-electron chi connectivity index (χ2n) is 5.08. The monoisotopic (exact) mass is 218 g/mol. The van der Waals surface area contributed by atoms with Crippen molar-refractivity contribution in [1.82, 2.24) is 4.98 Å². The van der Waals surface area contributed by atoms with Crippen molar-refractivity contribution in [3.05, 3.63) is 29.6 Å². The van der Waals surface area contributed by atoms with Gasteiger partial charge in [-0.1, -0.05) is 26.2 Å². The molecule has 0 aromatic carbocycles. The zero-order valence-corrected chi connectivity index (χ0v) is 10.4. The van der Waals surface area contributed by atoms with Gasteiger partial charge in [-0.2, -0.15) is 0 Å². The third-order valence-corrected chi connectivity index (χ3v) is 4.15. The Hall–Kier alpha value is -0.890. The highest BCUT2D eigenvalue weighted by Gasteiger charge is 2.38. The summed E-state index contributed by atoms with van der Waals surface area (Å²) in [6.45, 7) is 4.40. The lowest BCUT2D eigenvalue weighted by atomic mass is 9.68. The molecule has 0 bridgehead atoms. The van der Waals surface area contributed by atoms with Crippen LogP contribution in [0.2, 0.25) is 0 Å². The van der Waals surface area contributed by atoms with E-state index in [-0.39, 0.29) is 5.54 Å². The zero-order valence-electron chi connectivity index (χ0n) is 10.4. The fourth-order valence-electron chi connectivity index (χ4n) is 3.14. The first-order valence-corrected chi connectivity index (χ1v) is 6.38. The summed E-state index contributed by atoms with van der Waals surface area (Å²) in [5.74, 6) is 0.615. The lowest BCUT2D eigenvalue weighted by Gasteiger charge is -2.42. The van der Waals surface area contributed by atoms with E-state index in [4.69, 9.17) is 5.73 Å². The van der Waals surface area contributed by atoms with E-state index in [0.717, 1.165) is 6.42 Å². The molecular formula is C14H22N2. The molecule has 0 saturated heterocycles. The van der Waals surface area contributed by atoms with Crippen LogP contribution in [-0.2, 0) is 5.54 Å². The highest BCUT2D eigenvalue weighted by molar-refractivity contribution is 5.30. The number of nitrogens with zero attached hydrogens (tertiary/aromatic N) is 1. The number of aryl methyl sites for hydroxylation is 1. The molecule has 0 spiro atoms. The van der Waals surface area contributed by atoms with Crippen LogP contribution < -0.4 is 5.73 Å². The third-order valence-electron chi connectivity index (χ3n) is 4.15. The van der Waals surface area contributed by atoms with Gasteiger partial charge in [-0.15, -0.1) is 0 Å². The van der Waals surface area contributed by atoms with Gasteiger partial charge in [-0.05, 0) is 42.9 Å². The van der Waals surface area contributed by atoms with Crippen LogP contribution in [-0.4, -0.2) is 4.98 Å². The molecule has 2 atom stereocenters. The quantitative estimate of drug-likeness (QED) is 0.828. The Bertz CT molecular complexity index is 362. The summed E-state index contributed by atoms with van der Waals surface area (Å²) in [6.07, 6.45) is 9.96. The van der Waals surface area contributed by atoms with Crippen molar-refractivity contribution in [1.29, 1.82) is 0 Å². The minimum atomic E-state index is -0.134. The Balaban J connectivity index is 2.39. The molecule has 1 aliphatic rings. The molecule has 88 valence electrons. The molecule has 2 unspecified atom stereocenters. The van der Waals surface area contributed by atoms with Gasteiger partial charge >= 0.3 is 0 Å². The predicted molar refractivity (Wildman–Crippen MR) is 67.1 cm³/mol. The molecule has 1 saturated carbocycles. The molecule has 1 aliphatic carbocycles. The number of nitrogens with two attached hydrogens (primary N) is 1. The van der Waals surface area contributed by atoms with E-state index in [1.807, 2.05) is 12.4 Å². The summed E-state index contributed by atoms with van der Waals surface area (Å²) in [6, 6.07) is 2.07. The molecule has 2 rings (SSSR count). The Morgan fingerprint density at radius 2 is 2.31 bits per heavy atom. The predicted octanol–water partition coefficient (Wildman–Crippen LogP) is 3.14. The Morgan fingerprint density at radius 1 is 1.50 bits per heavy atom. The van der Waals surface area contributed by atoms with Crippen LogP contribution in [0.5, 0.6) is 0 Å². The number of hydrogen-bond donors (Lipinski definition) is 1. The van der Waals surface area contributed by atoms with Crippen molar-refractivity contribution in [3.8, 4) is 0 Å². The first-order chi connectivity index (χ1) is 7.68. The molecule has 2 N–H and O–H groups in total. The molecule has 0 aliphatic heterocycles. The maximum atomic E-state index is 6.70. The third kappa shape index (κ3) is 1.86. The summed E-state index contributed by atoms with van der Waals surface area (Å²) >= 11 is 0. The van der Waals surface area contributed by atoms with Crippen molar-refractivity contribution < 1.29 is 0 Å². The average molecular weight is 218 g/mol. The fourth-order valence-corrected chi connectivity index (χ4v) is 3.14. The molecule has 16 heavy (non-hydrogen) atoms. The van der Waals surface area contributed by atoms with Crippen LogP contribution in [0.1, 0.15) is 50.2 Å². The molecule has 0 amide bonds. The van der Waals surface area contributed by atoms with Gasteiger partial charge in [0.2, 0.25) is 0 Å². The summed E-state index contributed by atoms with van der Waals surface area (Å²) in [4.78, 5) is 4.25. The van der Waals surface area contributed by atoms with Gasteiger partial charge in [0.15, 0.2) is 0 Å². The summed E-state index contributed by atoms with van der Waals surface area (Å²) in [5.41, 5.74) is 9.12. The Kier molecular flexibility index (Phi) is 3.29. The zero-order chi connectivity index (χ0) is 11.6. The van der Waals surface area contributed by atoms with E-state index in [1.165, 1.54) is 36.8 Å². The number of pyridine rings is 1. The number of aromatic nitrogens is 1. The normalized spacial score (nSPS) is 30.3. The lowest BCUT2D eigenvalue weighted by Crippen LogP contribution is -2.46. The average Bonchev–Trinajstić information content (AvgIpc) is 2.30. The van der Waals surface area contributed by atoms with E-state index in [1.54, 1.807) is 0 Å². The highest BCUT2D eigenvalue weighted by Crippen LogP contribution is 2.41. The van der Waals surface area contributed by atoms with Crippen molar-refractivity contribution in [2.45, 2.75) is 51.5 Å². The van der Waals surface area contributed by atoms with Crippen LogP contribution in [0, 0.1) is 12.8 Å². The topological polar surface area (TPSA) is 38.9 Å². The SMILES string of the molecule is CCC1CCCCC1(N)c1cnccc1C. The van der Waals surface area contributed by atoms with Crippen LogP contribution in [0.4, 0.5) is 0 Å². The van der Waals surface area contributed by atoms with Crippen LogP contribution in [0.3, 0.4) is 0 Å². The Morgan fingerprint density at radius 3 is 3.00 bits per heavy atom.